The van der Waals surface area contributed by atoms with E-state index in [0.29, 0.717) is 5.92 Å². The van der Waals surface area contributed by atoms with Crippen molar-refractivity contribution in [1.29, 1.82) is 0 Å². The summed E-state index contributed by atoms with van der Waals surface area (Å²) < 4.78 is 0. The molecule has 1 heterocycles. The van der Waals surface area contributed by atoms with Gasteiger partial charge in [-0.1, -0.05) is 40.0 Å². The molecule has 3 nitrogen and oxygen atoms in total. The first kappa shape index (κ1) is 12.7. The molecule has 2 atom stereocenters. The Balaban J connectivity index is 2.21. The van der Waals surface area contributed by atoms with Crippen LogP contribution >= 0.6 is 0 Å². The Hall–Kier alpha value is -0.730. The topological polar surface area (TPSA) is 41.6 Å². The van der Waals surface area contributed by atoms with Gasteiger partial charge in [-0.15, -0.1) is 0 Å². The van der Waals surface area contributed by atoms with Crippen LogP contribution in [0.25, 0.3) is 0 Å². The summed E-state index contributed by atoms with van der Waals surface area (Å²) in [6, 6.07) is 0. The molecule has 1 spiro atoms. The average Bonchev–Trinajstić information content (AvgIpc) is 2.59. The molecule has 0 aromatic rings. The van der Waals surface area contributed by atoms with Crippen molar-refractivity contribution in [3.63, 3.8) is 0 Å². The van der Waals surface area contributed by atoms with Gasteiger partial charge in [-0.25, -0.2) is 0 Å². The van der Waals surface area contributed by atoms with Crippen LogP contribution in [-0.4, -0.2) is 29.5 Å². The van der Waals surface area contributed by atoms with Crippen LogP contribution in [0, 0.1) is 11.8 Å². The summed E-state index contributed by atoms with van der Waals surface area (Å²) in [5, 5.41) is 0. The predicted octanol–water partition coefficient (Wildman–Crippen LogP) is 2.61. The van der Waals surface area contributed by atoms with Gasteiger partial charge in [0.2, 0.25) is 0 Å². The third-order valence-corrected chi connectivity index (χ3v) is 4.54. The van der Waals surface area contributed by atoms with Gasteiger partial charge in [-0.2, -0.15) is 0 Å². The first-order valence-corrected chi connectivity index (χ1v) is 7.17. The lowest BCUT2D eigenvalue weighted by Gasteiger charge is -2.48. The van der Waals surface area contributed by atoms with Crippen molar-refractivity contribution in [1.82, 2.24) is 4.90 Å². The summed E-state index contributed by atoms with van der Waals surface area (Å²) in [5.41, 5.74) is 6.39. The van der Waals surface area contributed by atoms with E-state index >= 15 is 0 Å². The highest BCUT2D eigenvalue weighted by Crippen LogP contribution is 2.43. The average molecular weight is 237 g/mol. The third kappa shape index (κ3) is 2.16. The van der Waals surface area contributed by atoms with Crippen LogP contribution in [-0.2, 0) is 0 Å². The summed E-state index contributed by atoms with van der Waals surface area (Å²) in [7, 11) is 0. The molecule has 1 aliphatic heterocycles. The molecule has 0 radical (unpaired) electrons. The Morgan fingerprint density at radius 3 is 2.88 bits per heavy atom. The smallest absolute Gasteiger partial charge is 0.191 e. The van der Waals surface area contributed by atoms with Crippen LogP contribution in [0.1, 0.15) is 52.9 Å². The van der Waals surface area contributed by atoms with Crippen molar-refractivity contribution in [2.75, 3.05) is 13.1 Å². The normalized spacial score (nSPS) is 33.5. The number of aliphatic imine (C=N–C) groups is 1. The standard InChI is InChI=1S/C14H27N3/c1-4-12-7-5-6-8-14(12)10-16-13(15)17(14)9-11(2)3/h11-12H,4-10H2,1-3H3,(H2,15,16). The quantitative estimate of drug-likeness (QED) is 0.820. The van der Waals surface area contributed by atoms with Crippen LogP contribution in [0.5, 0.6) is 0 Å². The molecular weight excluding hydrogens is 210 g/mol. The van der Waals surface area contributed by atoms with E-state index in [0.717, 1.165) is 25.0 Å². The van der Waals surface area contributed by atoms with E-state index in [9.17, 15) is 0 Å². The van der Waals surface area contributed by atoms with Crippen molar-refractivity contribution in [3.05, 3.63) is 0 Å². The van der Waals surface area contributed by atoms with Crippen LogP contribution in [0.3, 0.4) is 0 Å². The highest BCUT2D eigenvalue weighted by molar-refractivity contribution is 5.81. The van der Waals surface area contributed by atoms with Crippen molar-refractivity contribution in [3.8, 4) is 0 Å². The maximum absolute atomic E-state index is 6.13. The summed E-state index contributed by atoms with van der Waals surface area (Å²) in [6.45, 7) is 8.85. The molecule has 17 heavy (non-hydrogen) atoms. The van der Waals surface area contributed by atoms with E-state index in [1.165, 1.54) is 32.1 Å². The van der Waals surface area contributed by atoms with Gasteiger partial charge in [0.05, 0.1) is 12.1 Å². The van der Waals surface area contributed by atoms with Gasteiger partial charge < -0.3 is 10.6 Å². The fourth-order valence-electron chi connectivity index (χ4n) is 3.70. The van der Waals surface area contributed by atoms with E-state index in [1.54, 1.807) is 0 Å². The van der Waals surface area contributed by atoms with Gasteiger partial charge in [0.1, 0.15) is 0 Å². The minimum Gasteiger partial charge on any atom is -0.370 e. The Kier molecular flexibility index (Phi) is 3.64. The zero-order chi connectivity index (χ0) is 12.5. The molecule has 2 rings (SSSR count). The molecule has 0 amide bonds. The zero-order valence-electron chi connectivity index (χ0n) is 11.6. The van der Waals surface area contributed by atoms with Crippen LogP contribution in [0.2, 0.25) is 0 Å². The first-order valence-electron chi connectivity index (χ1n) is 7.17. The largest absolute Gasteiger partial charge is 0.370 e. The summed E-state index contributed by atoms with van der Waals surface area (Å²) in [6.07, 6.45) is 6.62. The fraction of sp³-hybridized carbons (Fsp3) is 0.929. The number of guanidine groups is 1. The number of nitrogens with zero attached hydrogens (tertiary/aromatic N) is 2. The zero-order valence-corrected chi connectivity index (χ0v) is 11.6. The maximum Gasteiger partial charge on any atom is 0.191 e. The molecule has 0 aromatic heterocycles. The van der Waals surface area contributed by atoms with Crippen LogP contribution < -0.4 is 5.73 Å². The summed E-state index contributed by atoms with van der Waals surface area (Å²) >= 11 is 0. The van der Waals surface area contributed by atoms with Gasteiger partial charge in [0, 0.05) is 6.54 Å². The highest BCUT2D eigenvalue weighted by Gasteiger charge is 2.48. The number of hydrogen-bond donors (Lipinski definition) is 1. The Labute approximate surface area is 105 Å². The molecule has 98 valence electrons. The third-order valence-electron chi connectivity index (χ3n) is 4.54. The van der Waals surface area contributed by atoms with Gasteiger partial charge in [-0.05, 0) is 24.7 Å². The van der Waals surface area contributed by atoms with E-state index < -0.39 is 0 Å². The first-order chi connectivity index (χ1) is 8.10. The second-order valence-corrected chi connectivity index (χ2v) is 6.13. The SMILES string of the molecule is CCC1CCCCC12CN=C(N)N2CC(C)C. The predicted molar refractivity (Wildman–Crippen MR) is 73.0 cm³/mol. The van der Waals surface area contributed by atoms with E-state index in [-0.39, 0.29) is 5.54 Å². The Morgan fingerprint density at radius 1 is 1.47 bits per heavy atom. The minimum absolute atomic E-state index is 0.265. The monoisotopic (exact) mass is 237 g/mol. The molecular formula is C14H27N3. The second-order valence-electron chi connectivity index (χ2n) is 6.13. The van der Waals surface area contributed by atoms with Crippen molar-refractivity contribution in [2.45, 2.75) is 58.4 Å². The molecule has 0 aromatic carbocycles. The van der Waals surface area contributed by atoms with Gasteiger partial charge >= 0.3 is 0 Å². The van der Waals surface area contributed by atoms with Gasteiger partial charge in [0.25, 0.3) is 0 Å². The molecule has 0 bridgehead atoms. The van der Waals surface area contributed by atoms with E-state index in [4.69, 9.17) is 5.73 Å². The molecule has 2 N–H and O–H groups in total. The van der Waals surface area contributed by atoms with E-state index in [1.807, 2.05) is 0 Å². The lowest BCUT2D eigenvalue weighted by atomic mass is 9.70. The summed E-state index contributed by atoms with van der Waals surface area (Å²) in [4.78, 5) is 7.00. The molecule has 3 heteroatoms. The van der Waals surface area contributed by atoms with Crippen LogP contribution in [0.15, 0.2) is 4.99 Å². The lowest BCUT2D eigenvalue weighted by molar-refractivity contribution is 0.0627. The Bertz CT molecular complexity index is 298. The molecule has 2 aliphatic rings. The van der Waals surface area contributed by atoms with Crippen molar-refractivity contribution in [2.24, 2.45) is 22.6 Å². The minimum atomic E-state index is 0.265. The van der Waals surface area contributed by atoms with Crippen molar-refractivity contribution < 1.29 is 0 Å². The summed E-state index contributed by atoms with van der Waals surface area (Å²) in [5.74, 6) is 2.22. The van der Waals surface area contributed by atoms with E-state index in [2.05, 4.69) is 30.7 Å². The molecule has 0 saturated heterocycles. The number of nitrogens with two attached hydrogens (primary N) is 1. The number of rotatable bonds is 3. The van der Waals surface area contributed by atoms with Crippen LogP contribution in [0.4, 0.5) is 0 Å². The van der Waals surface area contributed by atoms with Crippen molar-refractivity contribution >= 4 is 5.96 Å². The van der Waals surface area contributed by atoms with Gasteiger partial charge in [0.15, 0.2) is 5.96 Å². The molecule has 2 unspecified atom stereocenters. The molecule has 1 fully saturated rings. The second kappa shape index (κ2) is 4.87. The number of hydrogen-bond acceptors (Lipinski definition) is 3. The fourth-order valence-corrected chi connectivity index (χ4v) is 3.70. The Morgan fingerprint density at radius 2 is 2.24 bits per heavy atom. The van der Waals surface area contributed by atoms with Gasteiger partial charge in [-0.3, -0.25) is 4.99 Å². The molecule has 1 aliphatic carbocycles. The highest BCUT2D eigenvalue weighted by atomic mass is 15.4. The molecule has 1 saturated carbocycles. The lowest BCUT2D eigenvalue weighted by Crippen LogP contribution is -2.58. The maximum atomic E-state index is 6.13.